The van der Waals surface area contributed by atoms with Gasteiger partial charge in [0.15, 0.2) is 0 Å². The van der Waals surface area contributed by atoms with Gasteiger partial charge in [-0.05, 0) is 63.3 Å². The summed E-state index contributed by atoms with van der Waals surface area (Å²) in [6.45, 7) is 7.10. The number of benzene rings is 1. The molecule has 5 rings (SSSR count). The van der Waals surface area contributed by atoms with E-state index in [0.29, 0.717) is 25.9 Å². The van der Waals surface area contributed by atoms with Crippen molar-refractivity contribution in [2.75, 3.05) is 31.2 Å². The van der Waals surface area contributed by atoms with Gasteiger partial charge in [0.1, 0.15) is 12.6 Å². The zero-order valence-electron chi connectivity index (χ0n) is 21.1. The molecule has 5 atom stereocenters. The molecule has 1 aromatic rings. The number of aryl methyl sites for hydroxylation is 2. The number of unbranched alkanes of at least 4 members (excludes halogenated alkanes) is 2. The number of ether oxygens (including phenoxy) is 1. The number of likely N-dealkylation sites (tertiary alicyclic amines) is 1. The number of fused-ring (bicyclic) bond motifs is 2. The SMILES string of the molecule is Cc1ccc(C)c(N2CC=C[C@]34S[C@@]5(C)C=CCOC(=O)[C@H]5[C@H]3C(=O)N(CCCCCO)C4C2=O)c1. The zero-order valence-corrected chi connectivity index (χ0v) is 21.9. The van der Waals surface area contributed by atoms with E-state index in [-0.39, 0.29) is 31.0 Å². The smallest absolute Gasteiger partial charge is 0.311 e. The standard InChI is InChI=1S/C28H34N2O5S/c1-18-9-10-19(2)20(17-18)29-14-7-12-28-21(22-26(34)35-16-8-11-27(22,3)36-28)24(32)30(23(28)25(29)33)13-5-4-6-15-31/h7-12,17,21-23,31H,4-6,13-16H2,1-3H3/t21-,22+,23?,27-,28-/m0/s1. The van der Waals surface area contributed by atoms with E-state index in [1.54, 1.807) is 21.6 Å². The van der Waals surface area contributed by atoms with Crippen molar-refractivity contribution in [3.8, 4) is 0 Å². The van der Waals surface area contributed by atoms with Crippen LogP contribution in [0.1, 0.15) is 37.3 Å². The van der Waals surface area contributed by atoms with E-state index >= 15 is 0 Å². The highest BCUT2D eigenvalue weighted by Crippen LogP contribution is 2.65. The molecule has 1 spiro atoms. The maximum atomic E-state index is 14.4. The number of rotatable bonds is 6. The summed E-state index contributed by atoms with van der Waals surface area (Å²) in [7, 11) is 0. The molecule has 36 heavy (non-hydrogen) atoms. The van der Waals surface area contributed by atoms with E-state index in [9.17, 15) is 19.5 Å². The van der Waals surface area contributed by atoms with E-state index in [0.717, 1.165) is 23.2 Å². The molecule has 0 radical (unpaired) electrons. The lowest BCUT2D eigenvalue weighted by Gasteiger charge is -2.37. The minimum Gasteiger partial charge on any atom is -0.461 e. The Bertz CT molecular complexity index is 1150. The maximum absolute atomic E-state index is 14.4. The molecule has 2 saturated heterocycles. The number of nitrogens with zero attached hydrogens (tertiary/aromatic N) is 2. The van der Waals surface area contributed by atoms with Crippen molar-refractivity contribution in [3.05, 3.63) is 53.6 Å². The van der Waals surface area contributed by atoms with E-state index in [1.165, 1.54) is 0 Å². The van der Waals surface area contributed by atoms with Crippen LogP contribution in [0.25, 0.3) is 0 Å². The molecule has 4 aliphatic heterocycles. The van der Waals surface area contributed by atoms with Gasteiger partial charge in [0, 0.05) is 30.1 Å². The second-order valence-electron chi connectivity index (χ2n) is 10.5. The Labute approximate surface area is 216 Å². The molecule has 2 amide bonds. The fourth-order valence-corrected chi connectivity index (χ4v) is 8.55. The summed E-state index contributed by atoms with van der Waals surface area (Å²) in [6.07, 6.45) is 9.95. The lowest BCUT2D eigenvalue weighted by Crippen LogP contribution is -2.53. The Morgan fingerprint density at radius 1 is 1.06 bits per heavy atom. The van der Waals surface area contributed by atoms with Gasteiger partial charge in [0.25, 0.3) is 5.91 Å². The van der Waals surface area contributed by atoms with Crippen molar-refractivity contribution >= 4 is 35.2 Å². The third kappa shape index (κ3) is 3.80. The fraction of sp³-hybridized carbons (Fsp3) is 0.536. The Morgan fingerprint density at radius 2 is 1.86 bits per heavy atom. The van der Waals surface area contributed by atoms with Crippen molar-refractivity contribution in [1.29, 1.82) is 0 Å². The maximum Gasteiger partial charge on any atom is 0.311 e. The topological polar surface area (TPSA) is 87.2 Å². The highest BCUT2D eigenvalue weighted by Gasteiger charge is 2.74. The molecular formula is C28H34N2O5S. The summed E-state index contributed by atoms with van der Waals surface area (Å²) in [5, 5.41) is 9.22. The Morgan fingerprint density at radius 3 is 2.64 bits per heavy atom. The van der Waals surface area contributed by atoms with Crippen LogP contribution in [-0.4, -0.2) is 69.6 Å². The van der Waals surface area contributed by atoms with Gasteiger partial charge in [-0.1, -0.05) is 30.4 Å². The van der Waals surface area contributed by atoms with Gasteiger partial charge in [-0.25, -0.2) is 0 Å². The second kappa shape index (κ2) is 9.38. The number of cyclic esters (lactones) is 1. The predicted octanol–water partition coefficient (Wildman–Crippen LogP) is 3.17. The van der Waals surface area contributed by atoms with Gasteiger partial charge in [0.2, 0.25) is 5.91 Å². The number of hydrogen-bond acceptors (Lipinski definition) is 6. The average Bonchev–Trinajstić information content (AvgIpc) is 3.09. The molecule has 192 valence electrons. The third-order valence-corrected chi connectivity index (χ3v) is 9.82. The van der Waals surface area contributed by atoms with Crippen molar-refractivity contribution in [2.24, 2.45) is 11.8 Å². The van der Waals surface area contributed by atoms with Gasteiger partial charge in [-0.15, -0.1) is 11.8 Å². The molecule has 8 heteroatoms. The number of hydrogen-bond donors (Lipinski definition) is 1. The number of aliphatic hydroxyl groups is 1. The lowest BCUT2D eigenvalue weighted by molar-refractivity contribution is -0.152. The van der Waals surface area contributed by atoms with Gasteiger partial charge in [-0.2, -0.15) is 0 Å². The summed E-state index contributed by atoms with van der Waals surface area (Å²) < 4.78 is 3.98. The highest BCUT2D eigenvalue weighted by molar-refractivity contribution is 8.02. The number of carbonyl (C=O) groups is 3. The summed E-state index contributed by atoms with van der Waals surface area (Å²) in [4.78, 5) is 45.3. The first kappa shape index (κ1) is 25.1. The molecule has 4 aliphatic rings. The van der Waals surface area contributed by atoms with Gasteiger partial charge in [0.05, 0.1) is 16.6 Å². The summed E-state index contributed by atoms with van der Waals surface area (Å²) in [6, 6.07) is 5.34. The van der Waals surface area contributed by atoms with Crippen LogP contribution in [0.3, 0.4) is 0 Å². The van der Waals surface area contributed by atoms with Crippen molar-refractivity contribution < 1.29 is 24.2 Å². The Hall–Kier alpha value is -2.58. The normalized spacial score (nSPS) is 33.2. The first-order valence-corrected chi connectivity index (χ1v) is 13.6. The third-order valence-electron chi connectivity index (χ3n) is 8.03. The molecule has 1 unspecified atom stereocenters. The largest absolute Gasteiger partial charge is 0.461 e. The number of carbonyl (C=O) groups excluding carboxylic acids is 3. The first-order valence-electron chi connectivity index (χ1n) is 12.8. The average molecular weight is 511 g/mol. The number of esters is 1. The number of aliphatic hydroxyl groups excluding tert-OH is 1. The minimum atomic E-state index is -0.863. The van der Waals surface area contributed by atoms with Crippen LogP contribution in [0.4, 0.5) is 5.69 Å². The summed E-state index contributed by atoms with van der Waals surface area (Å²) in [5.74, 6) is -1.98. The van der Waals surface area contributed by atoms with Crippen LogP contribution < -0.4 is 4.90 Å². The van der Waals surface area contributed by atoms with E-state index in [4.69, 9.17) is 4.74 Å². The molecule has 4 heterocycles. The van der Waals surface area contributed by atoms with Crippen molar-refractivity contribution in [3.63, 3.8) is 0 Å². The molecule has 1 aromatic carbocycles. The Balaban J connectivity index is 1.61. The number of amides is 2. The van der Waals surface area contributed by atoms with Crippen LogP contribution in [0.15, 0.2) is 42.5 Å². The molecule has 1 N–H and O–H groups in total. The number of thioether (sulfide) groups is 1. The molecule has 0 saturated carbocycles. The highest BCUT2D eigenvalue weighted by atomic mass is 32.2. The van der Waals surface area contributed by atoms with Crippen LogP contribution in [-0.2, 0) is 19.1 Å². The fourth-order valence-electron chi connectivity index (χ4n) is 6.39. The zero-order chi connectivity index (χ0) is 25.7. The number of anilines is 1. The van der Waals surface area contributed by atoms with Gasteiger partial charge >= 0.3 is 5.97 Å². The van der Waals surface area contributed by atoms with E-state index in [2.05, 4.69) is 0 Å². The predicted molar refractivity (Wildman–Crippen MR) is 140 cm³/mol. The molecular weight excluding hydrogens is 476 g/mol. The minimum absolute atomic E-state index is 0.0977. The quantitative estimate of drug-likeness (QED) is 0.359. The van der Waals surface area contributed by atoms with Crippen LogP contribution >= 0.6 is 11.8 Å². The van der Waals surface area contributed by atoms with Crippen molar-refractivity contribution in [1.82, 2.24) is 4.90 Å². The second-order valence-corrected chi connectivity index (χ2v) is 12.3. The monoisotopic (exact) mass is 510 g/mol. The van der Waals surface area contributed by atoms with Crippen LogP contribution in [0.2, 0.25) is 0 Å². The van der Waals surface area contributed by atoms with Crippen LogP contribution in [0, 0.1) is 25.7 Å². The molecule has 7 nitrogen and oxygen atoms in total. The summed E-state index contributed by atoms with van der Waals surface area (Å²) in [5.41, 5.74) is 2.91. The lowest BCUT2D eigenvalue weighted by atomic mass is 9.75. The van der Waals surface area contributed by atoms with Crippen LogP contribution in [0.5, 0.6) is 0 Å². The first-order chi connectivity index (χ1) is 17.2. The molecule has 0 bridgehead atoms. The van der Waals surface area contributed by atoms with E-state index < -0.39 is 27.4 Å². The molecule has 2 fully saturated rings. The molecule has 0 aliphatic carbocycles. The summed E-state index contributed by atoms with van der Waals surface area (Å²) >= 11 is 1.56. The van der Waals surface area contributed by atoms with Crippen molar-refractivity contribution in [2.45, 2.75) is 55.6 Å². The van der Waals surface area contributed by atoms with Gasteiger partial charge < -0.3 is 19.6 Å². The Kier molecular flexibility index (Phi) is 6.53. The van der Waals surface area contributed by atoms with Gasteiger partial charge in [-0.3, -0.25) is 14.4 Å². The van der Waals surface area contributed by atoms with E-state index in [1.807, 2.05) is 63.3 Å². The molecule has 0 aromatic heterocycles.